The van der Waals surface area contributed by atoms with Crippen LogP contribution in [0.5, 0.6) is 0 Å². The Hall–Kier alpha value is -1.03. The monoisotopic (exact) mass is 162 g/mol. The molecule has 0 bridgehead atoms. The highest BCUT2D eigenvalue weighted by Gasteiger charge is 1.99. The van der Waals surface area contributed by atoms with Gasteiger partial charge in [-0.2, -0.15) is 0 Å². The number of Topliss-reactive ketones (excluding diaryl/α,β-unsaturated/α-hetero) is 1. The zero-order valence-electron chi connectivity index (χ0n) is 7.52. The first-order valence-electron chi connectivity index (χ1n) is 4.46. The lowest BCUT2D eigenvalue weighted by atomic mass is 10.2. The number of ketones is 1. The third-order valence-electron chi connectivity index (χ3n) is 1.89. The smallest absolute Gasteiger partial charge is 0.130 e. The van der Waals surface area contributed by atoms with Crippen LogP contribution in [0.4, 0.5) is 0 Å². The van der Waals surface area contributed by atoms with E-state index < -0.39 is 0 Å². The maximum absolute atomic E-state index is 10.6. The molecule has 0 unspecified atom stereocenters. The normalized spacial score (nSPS) is 14.9. The van der Waals surface area contributed by atoms with Crippen LogP contribution >= 0.6 is 0 Å². The lowest BCUT2D eigenvalue weighted by molar-refractivity contribution is -0.116. The van der Waals surface area contributed by atoms with Crippen LogP contribution in [-0.2, 0) is 4.79 Å². The highest BCUT2D eigenvalue weighted by molar-refractivity contribution is 5.75. The summed E-state index contributed by atoms with van der Waals surface area (Å²) in [7, 11) is 0. The Balaban J connectivity index is 2.24. The molecule has 12 heavy (non-hydrogen) atoms. The van der Waals surface area contributed by atoms with Crippen molar-refractivity contribution < 1.29 is 4.79 Å². The number of allylic oxidation sites excluding steroid dienone is 2. The van der Waals surface area contributed by atoms with Crippen molar-refractivity contribution in [1.29, 1.82) is 0 Å². The van der Waals surface area contributed by atoms with Crippen LogP contribution in [-0.4, -0.2) is 5.78 Å². The van der Waals surface area contributed by atoms with Crippen LogP contribution in [0, 0.1) is 11.8 Å². The fourth-order valence-electron chi connectivity index (χ4n) is 1.20. The van der Waals surface area contributed by atoms with Crippen molar-refractivity contribution in [3.8, 4) is 11.8 Å². The predicted octanol–water partition coefficient (Wildman–Crippen LogP) is 2.47. The lowest BCUT2D eigenvalue weighted by Crippen LogP contribution is -1.86. The number of carbonyl (C=O) groups is 1. The molecule has 1 heteroatoms. The Morgan fingerprint density at radius 1 is 1.67 bits per heavy atom. The Kier molecular flexibility index (Phi) is 3.60. The van der Waals surface area contributed by atoms with Gasteiger partial charge in [-0.1, -0.05) is 17.9 Å². The zero-order valence-corrected chi connectivity index (χ0v) is 7.52. The summed E-state index contributed by atoms with van der Waals surface area (Å²) in [6.07, 6.45) is 7.06. The van der Waals surface area contributed by atoms with Gasteiger partial charge in [-0.15, -0.1) is 0 Å². The summed E-state index contributed by atoms with van der Waals surface area (Å²) in [5.74, 6) is 6.34. The number of rotatable bonds is 2. The number of carbonyl (C=O) groups excluding carboxylic acids is 1. The molecule has 0 aromatic rings. The van der Waals surface area contributed by atoms with Crippen LogP contribution in [0.1, 0.15) is 39.0 Å². The topological polar surface area (TPSA) is 17.1 Å². The largest absolute Gasteiger partial charge is 0.300 e. The van der Waals surface area contributed by atoms with E-state index in [0.717, 1.165) is 6.42 Å². The molecule has 0 N–H and O–H groups in total. The number of hydrogen-bond donors (Lipinski definition) is 0. The van der Waals surface area contributed by atoms with Crippen molar-refractivity contribution in [1.82, 2.24) is 0 Å². The molecule has 64 valence electrons. The van der Waals surface area contributed by atoms with Crippen LogP contribution in [0.3, 0.4) is 0 Å². The summed E-state index contributed by atoms with van der Waals surface area (Å²) in [5.41, 5.74) is 1.26. The molecule has 0 atom stereocenters. The van der Waals surface area contributed by atoms with Gasteiger partial charge in [0.2, 0.25) is 0 Å². The van der Waals surface area contributed by atoms with Crippen molar-refractivity contribution in [3.63, 3.8) is 0 Å². The summed E-state index contributed by atoms with van der Waals surface area (Å²) in [6, 6.07) is 0. The van der Waals surface area contributed by atoms with Gasteiger partial charge in [0.1, 0.15) is 5.78 Å². The molecule has 1 nitrogen and oxygen atoms in total. The van der Waals surface area contributed by atoms with E-state index in [1.54, 1.807) is 6.92 Å². The fourth-order valence-corrected chi connectivity index (χ4v) is 1.20. The van der Waals surface area contributed by atoms with Gasteiger partial charge < -0.3 is 0 Å². The average molecular weight is 162 g/mol. The molecule has 1 rings (SSSR count). The van der Waals surface area contributed by atoms with E-state index in [-0.39, 0.29) is 5.78 Å². The second-order valence-electron chi connectivity index (χ2n) is 3.13. The van der Waals surface area contributed by atoms with Gasteiger partial charge in [0, 0.05) is 12.8 Å². The standard InChI is InChI=1S/C11H14O/c1-10(12)6-2-3-7-11-8-4-5-9-11/h8H,2,4-6,9H2,1H3. The van der Waals surface area contributed by atoms with Gasteiger partial charge in [-0.25, -0.2) is 0 Å². The molecule has 0 aromatic heterocycles. The predicted molar refractivity (Wildman–Crippen MR) is 49.6 cm³/mol. The molecule has 0 aliphatic heterocycles. The Morgan fingerprint density at radius 3 is 3.08 bits per heavy atom. The molecule has 1 aliphatic rings. The molecule has 0 saturated heterocycles. The van der Waals surface area contributed by atoms with E-state index >= 15 is 0 Å². The van der Waals surface area contributed by atoms with E-state index in [4.69, 9.17) is 0 Å². The molecule has 1 aliphatic carbocycles. The van der Waals surface area contributed by atoms with Crippen LogP contribution in [0.25, 0.3) is 0 Å². The highest BCUT2D eigenvalue weighted by atomic mass is 16.1. The molecular formula is C11H14O. The molecule has 0 amide bonds. The van der Waals surface area contributed by atoms with E-state index in [9.17, 15) is 4.79 Å². The third kappa shape index (κ3) is 3.39. The number of hydrogen-bond acceptors (Lipinski definition) is 1. The lowest BCUT2D eigenvalue weighted by Gasteiger charge is -1.86. The maximum Gasteiger partial charge on any atom is 0.130 e. The highest BCUT2D eigenvalue weighted by Crippen LogP contribution is 2.15. The minimum absolute atomic E-state index is 0.227. The first-order valence-corrected chi connectivity index (χ1v) is 4.46. The van der Waals surface area contributed by atoms with Crippen molar-refractivity contribution >= 4 is 5.78 Å². The third-order valence-corrected chi connectivity index (χ3v) is 1.89. The van der Waals surface area contributed by atoms with E-state index in [1.165, 1.54) is 18.4 Å². The van der Waals surface area contributed by atoms with Gasteiger partial charge in [-0.05, 0) is 31.8 Å². The zero-order chi connectivity index (χ0) is 8.81. The summed E-state index contributed by atoms with van der Waals surface area (Å²) in [6.45, 7) is 1.61. The first kappa shape index (κ1) is 9.06. The minimum atomic E-state index is 0.227. The molecule has 0 spiro atoms. The van der Waals surface area contributed by atoms with E-state index in [1.807, 2.05) is 0 Å². The van der Waals surface area contributed by atoms with Gasteiger partial charge in [0.25, 0.3) is 0 Å². The molecule has 0 aromatic carbocycles. The quantitative estimate of drug-likeness (QED) is 0.570. The SMILES string of the molecule is CC(=O)CCC#CC1=CCCC1. The fraction of sp³-hybridized carbons (Fsp3) is 0.545. The molecule has 0 fully saturated rings. The second-order valence-corrected chi connectivity index (χ2v) is 3.13. The summed E-state index contributed by atoms with van der Waals surface area (Å²) < 4.78 is 0. The Morgan fingerprint density at radius 2 is 2.50 bits per heavy atom. The Labute approximate surface area is 73.9 Å². The van der Waals surface area contributed by atoms with Crippen molar-refractivity contribution in [2.45, 2.75) is 39.0 Å². The van der Waals surface area contributed by atoms with Gasteiger partial charge in [0.05, 0.1) is 0 Å². The van der Waals surface area contributed by atoms with Crippen molar-refractivity contribution in [2.75, 3.05) is 0 Å². The molecule has 0 saturated carbocycles. The van der Waals surface area contributed by atoms with E-state index in [2.05, 4.69) is 17.9 Å². The van der Waals surface area contributed by atoms with Gasteiger partial charge in [0.15, 0.2) is 0 Å². The van der Waals surface area contributed by atoms with Gasteiger partial charge >= 0.3 is 0 Å². The molecule has 0 heterocycles. The molecule has 0 radical (unpaired) electrons. The molecular weight excluding hydrogens is 148 g/mol. The first-order chi connectivity index (χ1) is 5.79. The summed E-state index contributed by atoms with van der Waals surface area (Å²) >= 11 is 0. The van der Waals surface area contributed by atoms with Crippen LogP contribution < -0.4 is 0 Å². The second kappa shape index (κ2) is 4.77. The minimum Gasteiger partial charge on any atom is -0.300 e. The Bertz CT molecular complexity index is 250. The summed E-state index contributed by atoms with van der Waals surface area (Å²) in [5, 5.41) is 0. The van der Waals surface area contributed by atoms with Gasteiger partial charge in [-0.3, -0.25) is 4.79 Å². The van der Waals surface area contributed by atoms with Crippen molar-refractivity contribution in [3.05, 3.63) is 11.6 Å². The van der Waals surface area contributed by atoms with E-state index in [0.29, 0.717) is 12.8 Å². The van der Waals surface area contributed by atoms with Crippen LogP contribution in [0.2, 0.25) is 0 Å². The summed E-state index contributed by atoms with van der Waals surface area (Å²) in [4.78, 5) is 10.6. The van der Waals surface area contributed by atoms with Crippen molar-refractivity contribution in [2.24, 2.45) is 0 Å². The van der Waals surface area contributed by atoms with Crippen LogP contribution in [0.15, 0.2) is 11.6 Å². The maximum atomic E-state index is 10.6. The average Bonchev–Trinajstić information content (AvgIpc) is 2.49.